The molecule has 6 heterocycles. The molecule has 8 rings (SSSR count). The van der Waals surface area contributed by atoms with Crippen molar-refractivity contribution in [3.8, 4) is 11.5 Å². The standard InChI is InChI=1S/C34H34F2N6O12P2S/c1-18-2-6-21(7-3-18)50-22-8-4-19(5-9-22)15-57-56(47)49-14-24-29(27(36)33(52-24)41-11-10-20(43)12-25(41)44)53-55(45,46)48-13-23-26(35)30(54-56)34(51-23)42-17-40-28-31(37)38-16-39-32(28)42/h2-11,16-17,23-24,26-27,29-30,33-34H,12-15H2,1H3,(H,45,46)(H2,37,38,39)/t23-,24-,26-,27-,29-,30-,33-,34-,56?/m1/s1. The predicted octanol–water partition coefficient (Wildman–Crippen LogP) is 5.08. The summed E-state index contributed by atoms with van der Waals surface area (Å²) in [7, 11) is -5.23. The number of nitrogen functional groups attached to an aromatic ring is 1. The molecule has 0 radical (unpaired) electrons. The SMILES string of the molecule is Cc1ccc(Oc2ccc(CSP3(=O)OC[C@H]4O[C@@H](N5C=CC(=O)CC5=O)[C@H](F)[C@@H]4OP(=O)(O)OC[C@H]4O[C@@H](n5cnc6c(N)ncnc65)[C@H](O3)[C@@H]4F)cc2)cc1. The number of nitrogens with zero attached hydrogens (tertiary/aromatic N) is 5. The van der Waals surface area contributed by atoms with Crippen LogP contribution in [-0.2, 0) is 52.0 Å². The Hall–Kier alpha value is -4.14. The Labute approximate surface area is 326 Å². The number of phosphoric acid groups is 1. The van der Waals surface area contributed by atoms with Gasteiger partial charge in [-0.3, -0.25) is 37.2 Å². The highest BCUT2D eigenvalue weighted by atomic mass is 32.7. The summed E-state index contributed by atoms with van der Waals surface area (Å²) in [6.45, 7) is -4.35. The minimum Gasteiger partial charge on any atom is -0.457 e. The number of rotatable bonds is 7. The van der Waals surface area contributed by atoms with E-state index in [1.54, 1.807) is 24.3 Å². The number of nitrogens with two attached hydrogens (primary N) is 1. The number of phosphoric ester groups is 1. The summed E-state index contributed by atoms with van der Waals surface area (Å²) in [5.74, 6) is -0.191. The third kappa shape index (κ3) is 8.40. The largest absolute Gasteiger partial charge is 0.472 e. The molecular formula is C34H34F2N6O12P2S. The number of aromatic nitrogens is 4. The number of carbonyl (C=O) groups excluding carboxylic acids is 2. The summed E-state index contributed by atoms with van der Waals surface area (Å²) in [5, 5.41) is 0. The van der Waals surface area contributed by atoms with Crippen LogP contribution in [0.3, 0.4) is 0 Å². The van der Waals surface area contributed by atoms with Crippen LogP contribution in [0.5, 0.6) is 11.5 Å². The van der Waals surface area contributed by atoms with E-state index in [2.05, 4.69) is 15.0 Å². The molecule has 2 unspecified atom stereocenters. The van der Waals surface area contributed by atoms with Crippen LogP contribution in [0.4, 0.5) is 14.6 Å². The summed E-state index contributed by atoms with van der Waals surface area (Å²) in [4.78, 5) is 48.3. The van der Waals surface area contributed by atoms with Gasteiger partial charge in [-0.05, 0) is 54.2 Å². The lowest BCUT2D eigenvalue weighted by atomic mass is 10.1. The van der Waals surface area contributed by atoms with Crippen molar-refractivity contribution < 1.29 is 64.7 Å². The van der Waals surface area contributed by atoms with Gasteiger partial charge in [0.25, 0.3) is 0 Å². The van der Waals surface area contributed by atoms with E-state index in [0.29, 0.717) is 28.4 Å². The van der Waals surface area contributed by atoms with Gasteiger partial charge in [0.05, 0.1) is 26.0 Å². The zero-order valence-corrected chi connectivity index (χ0v) is 32.3. The third-order valence-corrected chi connectivity index (χ3v) is 14.0. The van der Waals surface area contributed by atoms with Gasteiger partial charge in [0, 0.05) is 12.0 Å². The highest BCUT2D eigenvalue weighted by molar-refractivity contribution is 8.54. The number of fused-ring (bicyclic) bond motifs is 4. The Morgan fingerprint density at radius 2 is 1.61 bits per heavy atom. The molecule has 4 aliphatic heterocycles. The predicted molar refractivity (Wildman–Crippen MR) is 196 cm³/mol. The first kappa shape index (κ1) is 39.7. The topological polar surface area (TPSA) is 226 Å². The van der Waals surface area contributed by atoms with E-state index in [9.17, 15) is 23.6 Å². The van der Waals surface area contributed by atoms with Gasteiger partial charge in [0.1, 0.15) is 47.8 Å². The van der Waals surface area contributed by atoms with Gasteiger partial charge in [-0.1, -0.05) is 29.8 Å². The van der Waals surface area contributed by atoms with E-state index >= 15 is 8.78 Å². The molecule has 2 bridgehead atoms. The molecular weight excluding hydrogens is 816 g/mol. The molecule has 0 spiro atoms. The smallest absolute Gasteiger partial charge is 0.457 e. The molecule has 0 saturated carbocycles. The first-order chi connectivity index (χ1) is 27.3. The average molecular weight is 851 g/mol. The average Bonchev–Trinajstić information content (AvgIpc) is 3.84. The van der Waals surface area contributed by atoms with Gasteiger partial charge < -0.3 is 24.8 Å². The van der Waals surface area contributed by atoms with Crippen LogP contribution in [0, 0.1) is 6.92 Å². The molecule has 23 heteroatoms. The number of alkyl halides is 2. The monoisotopic (exact) mass is 850 g/mol. The number of amides is 1. The third-order valence-electron chi connectivity index (χ3n) is 9.38. The van der Waals surface area contributed by atoms with E-state index in [4.69, 9.17) is 38.0 Å². The van der Waals surface area contributed by atoms with Crippen molar-refractivity contribution in [1.29, 1.82) is 0 Å². The number of hydrogen-bond donors (Lipinski definition) is 2. The van der Waals surface area contributed by atoms with Crippen molar-refractivity contribution in [3.63, 3.8) is 0 Å². The Morgan fingerprint density at radius 1 is 0.912 bits per heavy atom. The fourth-order valence-corrected chi connectivity index (χ4v) is 10.8. The second-order valence-corrected chi connectivity index (χ2v) is 18.8. The van der Waals surface area contributed by atoms with E-state index in [-0.39, 0.29) is 22.7 Å². The zero-order chi connectivity index (χ0) is 40.1. The number of aryl methyl sites for hydroxylation is 1. The summed E-state index contributed by atoms with van der Waals surface area (Å²) in [6, 6.07) is 14.3. The number of benzene rings is 2. The molecule has 2 aromatic carbocycles. The van der Waals surface area contributed by atoms with E-state index < -0.39 is 95.2 Å². The number of ketones is 1. The zero-order valence-electron chi connectivity index (χ0n) is 29.7. The van der Waals surface area contributed by atoms with Crippen molar-refractivity contribution in [2.24, 2.45) is 0 Å². The molecule has 3 saturated heterocycles. The van der Waals surface area contributed by atoms with Crippen molar-refractivity contribution >= 4 is 54.7 Å². The lowest BCUT2D eigenvalue weighted by Gasteiger charge is -2.28. The molecule has 4 aromatic rings. The number of hydrogen-bond acceptors (Lipinski definition) is 16. The lowest BCUT2D eigenvalue weighted by Crippen LogP contribution is -2.44. The van der Waals surface area contributed by atoms with Gasteiger partial charge in [-0.15, -0.1) is 0 Å². The molecule has 57 heavy (non-hydrogen) atoms. The van der Waals surface area contributed by atoms with Gasteiger partial charge in [-0.2, -0.15) is 0 Å². The fraction of sp³-hybridized carbons (Fsp3) is 0.382. The number of imidazole rings is 1. The van der Waals surface area contributed by atoms with Gasteiger partial charge in [0.2, 0.25) is 5.91 Å². The van der Waals surface area contributed by atoms with E-state index in [0.717, 1.165) is 29.1 Å². The maximum Gasteiger partial charge on any atom is 0.472 e. The molecule has 10 atom stereocenters. The number of halogens is 2. The summed E-state index contributed by atoms with van der Waals surface area (Å²) >= 11 is 0.668. The minimum absolute atomic E-state index is 0.00943. The van der Waals surface area contributed by atoms with Crippen molar-refractivity contribution in [3.05, 3.63) is 84.6 Å². The first-order valence-corrected chi connectivity index (χ1v) is 22.0. The first-order valence-electron chi connectivity index (χ1n) is 17.4. The van der Waals surface area contributed by atoms with E-state index in [1.807, 2.05) is 31.2 Å². The highest BCUT2D eigenvalue weighted by Gasteiger charge is 2.56. The lowest BCUT2D eigenvalue weighted by molar-refractivity contribution is -0.146. The van der Waals surface area contributed by atoms with Crippen LogP contribution in [0.15, 0.2) is 73.5 Å². The molecule has 302 valence electrons. The summed E-state index contributed by atoms with van der Waals surface area (Å²) in [6.07, 6.45) is -10.7. The Morgan fingerprint density at radius 3 is 2.35 bits per heavy atom. The maximum atomic E-state index is 16.5. The fourth-order valence-electron chi connectivity index (χ4n) is 6.49. The molecule has 1 amide bonds. The van der Waals surface area contributed by atoms with Crippen LogP contribution in [-0.4, -0.2) is 97.2 Å². The van der Waals surface area contributed by atoms with Crippen LogP contribution in [0.1, 0.15) is 23.8 Å². The van der Waals surface area contributed by atoms with Gasteiger partial charge >= 0.3 is 14.6 Å². The molecule has 4 aliphatic rings. The summed E-state index contributed by atoms with van der Waals surface area (Å²) < 4.78 is 102. The number of carbonyl (C=O) groups is 2. The molecule has 3 N–H and O–H groups in total. The van der Waals surface area contributed by atoms with Crippen LogP contribution in [0.2, 0.25) is 0 Å². The van der Waals surface area contributed by atoms with Gasteiger partial charge in [0.15, 0.2) is 42.0 Å². The Balaban J connectivity index is 1.10. The minimum atomic E-state index is -5.23. The molecule has 3 fully saturated rings. The Bertz CT molecular complexity index is 2290. The number of allylic oxidation sites excluding steroid dienone is 1. The molecule has 18 nitrogen and oxygen atoms in total. The summed E-state index contributed by atoms with van der Waals surface area (Å²) in [5.41, 5.74) is 7.92. The van der Waals surface area contributed by atoms with Gasteiger partial charge in [-0.25, -0.2) is 32.9 Å². The highest BCUT2D eigenvalue weighted by Crippen LogP contribution is 2.65. The van der Waals surface area contributed by atoms with Crippen molar-refractivity contribution in [2.75, 3.05) is 18.9 Å². The quantitative estimate of drug-likeness (QED) is 0.183. The Kier molecular flexibility index (Phi) is 11.1. The second kappa shape index (κ2) is 15.9. The van der Waals surface area contributed by atoms with Crippen molar-refractivity contribution in [1.82, 2.24) is 24.4 Å². The van der Waals surface area contributed by atoms with Crippen LogP contribution < -0.4 is 10.5 Å². The maximum absolute atomic E-state index is 16.5. The van der Waals surface area contributed by atoms with E-state index in [1.165, 1.54) is 10.9 Å². The second-order valence-electron chi connectivity index (χ2n) is 13.3. The molecule has 0 aliphatic carbocycles. The van der Waals surface area contributed by atoms with Crippen molar-refractivity contribution in [2.45, 2.75) is 68.3 Å². The van der Waals surface area contributed by atoms with Crippen LogP contribution >= 0.6 is 26.0 Å². The normalized spacial score (nSPS) is 33.4. The molecule has 2 aromatic heterocycles. The van der Waals surface area contributed by atoms with Crippen LogP contribution in [0.25, 0.3) is 11.2 Å². The number of ether oxygens (including phenoxy) is 3. The number of anilines is 1.